The van der Waals surface area contributed by atoms with E-state index in [1.165, 1.54) is 33.2 Å². The molecule has 2 heterocycles. The number of carbonyl (C=O) groups excluding carboxylic acids is 1. The summed E-state index contributed by atoms with van der Waals surface area (Å²) >= 11 is 0. The molecule has 1 fully saturated rings. The summed E-state index contributed by atoms with van der Waals surface area (Å²) in [7, 11) is 1.69. The minimum absolute atomic E-state index is 0.0238. The van der Waals surface area contributed by atoms with Gasteiger partial charge in [0, 0.05) is 49.1 Å². The molecule has 0 saturated carbocycles. The molecule has 4 nitrogen and oxygen atoms in total. The zero-order valence-corrected chi connectivity index (χ0v) is 20.0. The average Bonchev–Trinajstić information content (AvgIpc) is 3.53. The number of hydrogen-bond acceptors (Lipinski definition) is 2. The quantitative estimate of drug-likeness (QED) is 0.337. The lowest BCUT2D eigenvalue weighted by Crippen LogP contribution is -2.29. The van der Waals surface area contributed by atoms with Gasteiger partial charge in [-0.1, -0.05) is 60.2 Å². The molecule has 4 heteroatoms. The van der Waals surface area contributed by atoms with Crippen molar-refractivity contribution in [3.63, 3.8) is 0 Å². The number of aromatic nitrogens is 1. The number of ether oxygens (including phenoxy) is 1. The Balaban J connectivity index is 1.55. The van der Waals surface area contributed by atoms with E-state index in [-0.39, 0.29) is 11.8 Å². The molecule has 1 aliphatic heterocycles. The van der Waals surface area contributed by atoms with Crippen molar-refractivity contribution in [2.75, 3.05) is 20.2 Å². The minimum Gasteiger partial charge on any atom is -0.497 e. The molecule has 0 unspecified atom stereocenters. The predicted octanol–water partition coefficient (Wildman–Crippen LogP) is 6.15. The Labute approximate surface area is 201 Å². The second-order valence-corrected chi connectivity index (χ2v) is 9.33. The SMILES string of the molecule is COc1ccc(Cn2cc([C@@H](CC(=O)N3CCCC3)c3ccc(C)cc3)c3ccccc32)cc1. The average molecular weight is 453 g/mol. The van der Waals surface area contributed by atoms with Gasteiger partial charge in [0.05, 0.1) is 7.11 Å². The fourth-order valence-electron chi connectivity index (χ4n) is 5.09. The highest BCUT2D eigenvalue weighted by atomic mass is 16.5. The van der Waals surface area contributed by atoms with Crippen LogP contribution in [-0.4, -0.2) is 35.6 Å². The van der Waals surface area contributed by atoms with Crippen molar-refractivity contribution in [3.8, 4) is 5.75 Å². The first-order valence-electron chi connectivity index (χ1n) is 12.2. The van der Waals surface area contributed by atoms with Crippen LogP contribution in [0.4, 0.5) is 0 Å². The van der Waals surface area contributed by atoms with Gasteiger partial charge in [0.15, 0.2) is 0 Å². The highest BCUT2D eigenvalue weighted by Gasteiger charge is 2.26. The molecule has 0 N–H and O–H groups in total. The summed E-state index contributed by atoms with van der Waals surface area (Å²) in [6.45, 7) is 4.65. The molecule has 4 aromatic rings. The van der Waals surface area contributed by atoms with Crippen molar-refractivity contribution in [1.82, 2.24) is 9.47 Å². The Morgan fingerprint density at radius 3 is 2.35 bits per heavy atom. The lowest BCUT2D eigenvalue weighted by molar-refractivity contribution is -0.130. The van der Waals surface area contributed by atoms with Crippen molar-refractivity contribution in [2.45, 2.75) is 38.6 Å². The van der Waals surface area contributed by atoms with Crippen LogP contribution in [0, 0.1) is 6.92 Å². The number of hydrogen-bond donors (Lipinski definition) is 0. The Morgan fingerprint density at radius 2 is 1.65 bits per heavy atom. The third-order valence-corrected chi connectivity index (χ3v) is 7.02. The topological polar surface area (TPSA) is 34.5 Å². The van der Waals surface area contributed by atoms with Gasteiger partial charge >= 0.3 is 0 Å². The van der Waals surface area contributed by atoms with Crippen molar-refractivity contribution in [3.05, 3.63) is 101 Å². The van der Waals surface area contributed by atoms with Gasteiger partial charge in [-0.25, -0.2) is 0 Å². The highest BCUT2D eigenvalue weighted by molar-refractivity contribution is 5.87. The maximum atomic E-state index is 13.3. The van der Waals surface area contributed by atoms with Crippen molar-refractivity contribution in [1.29, 1.82) is 0 Å². The summed E-state index contributed by atoms with van der Waals surface area (Å²) in [5.74, 6) is 1.15. The van der Waals surface area contributed by atoms with E-state index in [0.29, 0.717) is 6.42 Å². The van der Waals surface area contributed by atoms with E-state index in [1.54, 1.807) is 7.11 Å². The number of para-hydroxylation sites is 1. The number of fused-ring (bicyclic) bond motifs is 1. The van der Waals surface area contributed by atoms with Gasteiger partial charge in [0.2, 0.25) is 5.91 Å². The van der Waals surface area contributed by atoms with Crippen LogP contribution in [0.1, 0.15) is 47.4 Å². The van der Waals surface area contributed by atoms with Gasteiger partial charge in [-0.05, 0) is 54.7 Å². The van der Waals surface area contributed by atoms with Gasteiger partial charge in [-0.2, -0.15) is 0 Å². The normalized spacial score (nSPS) is 14.5. The summed E-state index contributed by atoms with van der Waals surface area (Å²) in [5.41, 5.74) is 6.06. The number of benzene rings is 3. The molecular formula is C30H32N2O2. The predicted molar refractivity (Wildman–Crippen MR) is 137 cm³/mol. The van der Waals surface area contributed by atoms with Crippen LogP contribution in [0.25, 0.3) is 10.9 Å². The molecule has 1 aromatic heterocycles. The van der Waals surface area contributed by atoms with Gasteiger partial charge in [-0.3, -0.25) is 4.79 Å². The Kier molecular flexibility index (Phi) is 6.39. The minimum atomic E-state index is 0.0238. The summed E-state index contributed by atoms with van der Waals surface area (Å²) in [5, 5.41) is 1.22. The fourth-order valence-corrected chi connectivity index (χ4v) is 5.09. The van der Waals surface area contributed by atoms with Crippen molar-refractivity contribution in [2.24, 2.45) is 0 Å². The van der Waals surface area contributed by atoms with E-state index < -0.39 is 0 Å². The van der Waals surface area contributed by atoms with Gasteiger partial charge < -0.3 is 14.2 Å². The lowest BCUT2D eigenvalue weighted by atomic mass is 9.87. The monoisotopic (exact) mass is 452 g/mol. The molecule has 5 rings (SSSR count). The van der Waals surface area contributed by atoms with Gasteiger partial charge in [0.25, 0.3) is 0 Å². The van der Waals surface area contributed by atoms with Crippen LogP contribution in [0.3, 0.4) is 0 Å². The third-order valence-electron chi connectivity index (χ3n) is 7.02. The summed E-state index contributed by atoms with van der Waals surface area (Å²) in [4.78, 5) is 15.3. The summed E-state index contributed by atoms with van der Waals surface area (Å²) < 4.78 is 7.63. The standard InChI is InChI=1S/C30H32N2O2/c1-22-9-13-24(14-10-22)27(19-30(33)31-17-5-6-18-31)28-21-32(29-8-4-3-7-26(28)29)20-23-11-15-25(34-2)16-12-23/h3-4,7-16,21,27H,5-6,17-20H2,1-2H3/t27-/m0/s1. The Hall–Kier alpha value is -3.53. The van der Waals surface area contributed by atoms with Crippen LogP contribution in [0.2, 0.25) is 0 Å². The molecular weight excluding hydrogens is 420 g/mol. The van der Waals surface area contributed by atoms with Crippen molar-refractivity contribution >= 4 is 16.8 Å². The van der Waals surface area contributed by atoms with Crippen molar-refractivity contribution < 1.29 is 9.53 Å². The van der Waals surface area contributed by atoms with Crippen LogP contribution in [-0.2, 0) is 11.3 Å². The number of aryl methyl sites for hydroxylation is 1. The maximum Gasteiger partial charge on any atom is 0.223 e. The Morgan fingerprint density at radius 1 is 0.941 bits per heavy atom. The van der Waals surface area contributed by atoms with E-state index in [4.69, 9.17) is 4.74 Å². The van der Waals surface area contributed by atoms with E-state index in [1.807, 2.05) is 17.0 Å². The van der Waals surface area contributed by atoms with E-state index in [9.17, 15) is 4.79 Å². The van der Waals surface area contributed by atoms with Crippen LogP contribution >= 0.6 is 0 Å². The number of rotatable bonds is 7. The van der Waals surface area contributed by atoms with Gasteiger partial charge in [0.1, 0.15) is 5.75 Å². The smallest absolute Gasteiger partial charge is 0.223 e. The van der Waals surface area contributed by atoms with E-state index >= 15 is 0 Å². The molecule has 0 aliphatic carbocycles. The first-order valence-corrected chi connectivity index (χ1v) is 12.2. The second kappa shape index (κ2) is 9.76. The number of nitrogens with zero attached hydrogens (tertiary/aromatic N) is 2. The molecule has 1 atom stereocenters. The number of carbonyl (C=O) groups is 1. The number of methoxy groups -OCH3 is 1. The first-order chi connectivity index (χ1) is 16.6. The van der Waals surface area contributed by atoms with Crippen LogP contribution in [0.5, 0.6) is 5.75 Å². The highest BCUT2D eigenvalue weighted by Crippen LogP contribution is 2.36. The van der Waals surface area contributed by atoms with Crippen LogP contribution < -0.4 is 4.74 Å². The zero-order valence-electron chi connectivity index (χ0n) is 20.0. The molecule has 0 bridgehead atoms. The van der Waals surface area contributed by atoms with Crippen LogP contribution in [0.15, 0.2) is 79.0 Å². The lowest BCUT2D eigenvalue weighted by Gasteiger charge is -2.21. The molecule has 34 heavy (non-hydrogen) atoms. The van der Waals surface area contributed by atoms with E-state index in [0.717, 1.165) is 38.2 Å². The fraction of sp³-hybridized carbons (Fsp3) is 0.300. The molecule has 174 valence electrons. The summed E-state index contributed by atoms with van der Waals surface area (Å²) in [6, 6.07) is 25.5. The zero-order chi connectivity index (χ0) is 23.5. The molecule has 1 aliphatic rings. The maximum absolute atomic E-state index is 13.3. The number of likely N-dealkylation sites (tertiary alicyclic amines) is 1. The second-order valence-electron chi connectivity index (χ2n) is 9.33. The molecule has 0 spiro atoms. The first kappa shape index (κ1) is 22.3. The van der Waals surface area contributed by atoms with E-state index in [2.05, 4.69) is 78.4 Å². The molecule has 1 amide bonds. The molecule has 3 aromatic carbocycles. The molecule has 0 radical (unpaired) electrons. The van der Waals surface area contributed by atoms with Gasteiger partial charge in [-0.15, -0.1) is 0 Å². The Bertz CT molecular complexity index is 1270. The summed E-state index contributed by atoms with van der Waals surface area (Å²) in [6.07, 6.45) is 4.99. The molecule has 1 saturated heterocycles. The third kappa shape index (κ3) is 4.58. The largest absolute Gasteiger partial charge is 0.497 e. The number of amides is 1.